The van der Waals surface area contributed by atoms with E-state index in [2.05, 4.69) is 15.5 Å². The van der Waals surface area contributed by atoms with Gasteiger partial charge in [0.25, 0.3) is 5.89 Å². The Hall–Kier alpha value is -3.45. The second-order valence-electron chi connectivity index (χ2n) is 7.08. The number of carbonyl (C=O) groups excluding carboxylic acids is 1. The van der Waals surface area contributed by atoms with Gasteiger partial charge < -0.3 is 14.6 Å². The lowest BCUT2D eigenvalue weighted by molar-refractivity contribution is 0.174. The van der Waals surface area contributed by atoms with Gasteiger partial charge in [0.2, 0.25) is 5.82 Å². The molecule has 0 fully saturated rings. The molecule has 1 aromatic heterocycles. The Morgan fingerprint density at radius 3 is 2.50 bits per heavy atom. The monoisotopic (exact) mass is 404 g/mol. The number of nitrogens with one attached hydrogen (secondary N) is 1. The van der Waals surface area contributed by atoms with E-state index in [-0.39, 0.29) is 12.1 Å². The molecule has 1 aliphatic heterocycles. The zero-order valence-corrected chi connectivity index (χ0v) is 17.0. The third-order valence-corrected chi connectivity index (χ3v) is 5.15. The summed E-state index contributed by atoms with van der Waals surface area (Å²) in [5.41, 5.74) is 3.43. The van der Waals surface area contributed by atoms with E-state index in [0.717, 1.165) is 28.8 Å². The standard InChI is InChI=1S/C23H24N4O3/c1-16-19(22-25-21(26-30-22)18-12-7-4-8-13-18)20(17-10-5-3-6-11-17)24-23(28)27(16)14-9-15-29-2/h3-8,10-13,20H,9,14-15H2,1-2H3,(H,24,28). The molecule has 7 nitrogen and oxygen atoms in total. The molecule has 1 N–H and O–H groups in total. The highest BCUT2D eigenvalue weighted by Crippen LogP contribution is 2.37. The first-order chi connectivity index (χ1) is 14.7. The zero-order valence-electron chi connectivity index (χ0n) is 17.0. The van der Waals surface area contributed by atoms with Gasteiger partial charge in [0.15, 0.2) is 0 Å². The van der Waals surface area contributed by atoms with E-state index < -0.39 is 0 Å². The molecule has 0 aliphatic carbocycles. The predicted octanol–water partition coefficient (Wildman–Crippen LogP) is 4.27. The van der Waals surface area contributed by atoms with E-state index in [0.29, 0.717) is 24.9 Å². The number of rotatable bonds is 7. The van der Waals surface area contributed by atoms with Crippen LogP contribution in [0.3, 0.4) is 0 Å². The van der Waals surface area contributed by atoms with Crippen molar-refractivity contribution in [3.63, 3.8) is 0 Å². The fourth-order valence-electron chi connectivity index (χ4n) is 3.63. The first kappa shape index (κ1) is 19.8. The average molecular weight is 404 g/mol. The quantitative estimate of drug-likeness (QED) is 0.595. The molecule has 2 heterocycles. The maximum atomic E-state index is 12.9. The molecule has 7 heteroatoms. The van der Waals surface area contributed by atoms with Gasteiger partial charge in [-0.05, 0) is 18.9 Å². The molecule has 1 atom stereocenters. The molecule has 0 bridgehead atoms. The minimum absolute atomic E-state index is 0.149. The van der Waals surface area contributed by atoms with Crippen molar-refractivity contribution in [2.45, 2.75) is 19.4 Å². The number of amides is 2. The van der Waals surface area contributed by atoms with Crippen LogP contribution in [0.1, 0.15) is 30.8 Å². The van der Waals surface area contributed by atoms with E-state index in [9.17, 15) is 4.79 Å². The second kappa shape index (κ2) is 8.92. The minimum Gasteiger partial charge on any atom is -0.385 e. The van der Waals surface area contributed by atoms with Gasteiger partial charge in [-0.15, -0.1) is 0 Å². The highest BCUT2D eigenvalue weighted by molar-refractivity contribution is 5.86. The van der Waals surface area contributed by atoms with Crippen molar-refractivity contribution in [1.82, 2.24) is 20.4 Å². The summed E-state index contributed by atoms with van der Waals surface area (Å²) in [7, 11) is 1.65. The summed E-state index contributed by atoms with van der Waals surface area (Å²) in [5.74, 6) is 0.914. The van der Waals surface area contributed by atoms with Crippen molar-refractivity contribution >= 4 is 11.6 Å². The molecular weight excluding hydrogens is 380 g/mol. The van der Waals surface area contributed by atoms with Gasteiger partial charge in [0, 0.05) is 31.5 Å². The summed E-state index contributed by atoms with van der Waals surface area (Å²) >= 11 is 0. The number of urea groups is 1. The summed E-state index contributed by atoms with van der Waals surface area (Å²) in [6, 6.07) is 19.0. The summed E-state index contributed by atoms with van der Waals surface area (Å²) in [6.45, 7) is 3.03. The number of carbonyl (C=O) groups is 1. The maximum absolute atomic E-state index is 12.9. The van der Waals surface area contributed by atoms with Crippen molar-refractivity contribution < 1.29 is 14.1 Å². The first-order valence-corrected chi connectivity index (χ1v) is 9.91. The molecule has 1 aliphatic rings. The Balaban J connectivity index is 1.76. The third-order valence-electron chi connectivity index (χ3n) is 5.15. The molecule has 4 rings (SSSR count). The normalized spacial score (nSPS) is 16.7. The van der Waals surface area contributed by atoms with E-state index in [1.54, 1.807) is 12.0 Å². The van der Waals surface area contributed by atoms with Crippen LogP contribution in [0.5, 0.6) is 0 Å². The van der Waals surface area contributed by atoms with Crippen LogP contribution in [-0.4, -0.2) is 41.3 Å². The molecule has 2 amide bonds. The van der Waals surface area contributed by atoms with Crippen molar-refractivity contribution in [3.05, 3.63) is 77.8 Å². The Labute approximate surface area is 175 Å². The number of aromatic nitrogens is 2. The molecule has 2 aromatic carbocycles. The van der Waals surface area contributed by atoms with Gasteiger partial charge in [0.05, 0.1) is 11.6 Å². The fourth-order valence-corrected chi connectivity index (χ4v) is 3.63. The Morgan fingerprint density at radius 1 is 1.10 bits per heavy atom. The van der Waals surface area contributed by atoms with E-state index in [1.807, 2.05) is 67.6 Å². The van der Waals surface area contributed by atoms with Gasteiger partial charge in [-0.2, -0.15) is 4.98 Å². The van der Waals surface area contributed by atoms with Gasteiger partial charge in [-0.1, -0.05) is 65.8 Å². The van der Waals surface area contributed by atoms with Gasteiger partial charge in [0.1, 0.15) is 0 Å². The van der Waals surface area contributed by atoms with Crippen molar-refractivity contribution in [2.75, 3.05) is 20.3 Å². The lowest BCUT2D eigenvalue weighted by Gasteiger charge is -2.35. The van der Waals surface area contributed by atoms with Crippen LogP contribution < -0.4 is 5.32 Å². The molecule has 1 unspecified atom stereocenters. The lowest BCUT2D eigenvalue weighted by atomic mass is 9.94. The van der Waals surface area contributed by atoms with Crippen LogP contribution in [0.25, 0.3) is 17.0 Å². The van der Waals surface area contributed by atoms with Crippen molar-refractivity contribution in [3.8, 4) is 11.4 Å². The van der Waals surface area contributed by atoms with Crippen LogP contribution in [0.2, 0.25) is 0 Å². The van der Waals surface area contributed by atoms with Gasteiger partial charge in [-0.3, -0.25) is 4.90 Å². The summed E-state index contributed by atoms with van der Waals surface area (Å²) in [6.07, 6.45) is 0.726. The van der Waals surface area contributed by atoms with E-state index in [1.165, 1.54) is 0 Å². The summed E-state index contributed by atoms with van der Waals surface area (Å²) < 4.78 is 10.8. The van der Waals surface area contributed by atoms with E-state index in [4.69, 9.17) is 9.26 Å². The summed E-state index contributed by atoms with van der Waals surface area (Å²) in [5, 5.41) is 7.27. The number of nitrogens with zero attached hydrogens (tertiary/aromatic N) is 3. The van der Waals surface area contributed by atoms with Crippen LogP contribution in [0.4, 0.5) is 4.79 Å². The number of methoxy groups -OCH3 is 1. The maximum Gasteiger partial charge on any atom is 0.322 e. The zero-order chi connectivity index (χ0) is 20.9. The van der Waals surface area contributed by atoms with E-state index >= 15 is 0 Å². The number of hydrogen-bond donors (Lipinski definition) is 1. The molecule has 0 saturated heterocycles. The Kier molecular flexibility index (Phi) is 5.90. The molecule has 3 aromatic rings. The highest BCUT2D eigenvalue weighted by Gasteiger charge is 2.35. The van der Waals surface area contributed by atoms with Crippen LogP contribution in [0.15, 0.2) is 70.9 Å². The number of hydrogen-bond acceptors (Lipinski definition) is 5. The summed E-state index contributed by atoms with van der Waals surface area (Å²) in [4.78, 5) is 19.2. The Morgan fingerprint density at radius 2 is 1.80 bits per heavy atom. The predicted molar refractivity (Wildman–Crippen MR) is 113 cm³/mol. The second-order valence-corrected chi connectivity index (χ2v) is 7.08. The molecule has 30 heavy (non-hydrogen) atoms. The number of benzene rings is 2. The van der Waals surface area contributed by atoms with Crippen molar-refractivity contribution in [1.29, 1.82) is 0 Å². The van der Waals surface area contributed by atoms with Gasteiger partial charge in [-0.25, -0.2) is 4.79 Å². The third kappa shape index (κ3) is 3.97. The molecule has 0 saturated carbocycles. The molecule has 0 spiro atoms. The number of allylic oxidation sites excluding steroid dienone is 1. The average Bonchev–Trinajstić information content (AvgIpc) is 3.26. The molecular formula is C23H24N4O3. The van der Waals surface area contributed by atoms with Crippen molar-refractivity contribution in [2.24, 2.45) is 0 Å². The van der Waals surface area contributed by atoms with Crippen LogP contribution >= 0.6 is 0 Å². The smallest absolute Gasteiger partial charge is 0.322 e. The number of ether oxygens (including phenoxy) is 1. The largest absolute Gasteiger partial charge is 0.385 e. The van der Waals surface area contributed by atoms with Crippen LogP contribution in [-0.2, 0) is 4.74 Å². The topological polar surface area (TPSA) is 80.5 Å². The first-order valence-electron chi connectivity index (χ1n) is 9.91. The SMILES string of the molecule is COCCCN1C(=O)NC(c2ccccc2)C(c2nc(-c3ccccc3)no2)=C1C. The van der Waals surface area contributed by atoms with Gasteiger partial charge >= 0.3 is 6.03 Å². The minimum atomic E-state index is -0.374. The lowest BCUT2D eigenvalue weighted by Crippen LogP contribution is -2.46. The van der Waals surface area contributed by atoms with Crippen LogP contribution in [0, 0.1) is 0 Å². The molecule has 0 radical (unpaired) electrons. The fraction of sp³-hybridized carbons (Fsp3) is 0.261. The Bertz CT molecular complexity index is 1030. The highest BCUT2D eigenvalue weighted by atomic mass is 16.5. The molecule has 154 valence electrons.